The van der Waals surface area contributed by atoms with E-state index < -0.39 is 5.91 Å². The quantitative estimate of drug-likeness (QED) is 0.453. The average Bonchev–Trinajstić information content (AvgIpc) is 3.15. The van der Waals surface area contributed by atoms with Crippen molar-refractivity contribution in [1.82, 2.24) is 20.4 Å². The molecule has 31 heavy (non-hydrogen) atoms. The predicted molar refractivity (Wildman–Crippen MR) is 118 cm³/mol. The van der Waals surface area contributed by atoms with E-state index in [2.05, 4.69) is 15.8 Å². The SMILES string of the molecule is O=C(Cn1c(COc2ccc(Cl)cc2)nc2ccccc21)NNC(=O)c1ccccc1. The number of carbonyl (C=O) groups excluding carboxylic acids is 2. The third-order valence-electron chi connectivity index (χ3n) is 4.57. The fraction of sp³-hybridized carbons (Fsp3) is 0.0870. The maximum Gasteiger partial charge on any atom is 0.269 e. The monoisotopic (exact) mass is 434 g/mol. The van der Waals surface area contributed by atoms with Crippen LogP contribution in [0.2, 0.25) is 5.02 Å². The minimum atomic E-state index is -0.393. The van der Waals surface area contributed by atoms with Gasteiger partial charge < -0.3 is 9.30 Å². The van der Waals surface area contributed by atoms with Crippen molar-refractivity contribution in [3.8, 4) is 5.75 Å². The van der Waals surface area contributed by atoms with Gasteiger partial charge in [-0.25, -0.2) is 4.98 Å². The van der Waals surface area contributed by atoms with Crippen molar-refractivity contribution in [2.75, 3.05) is 0 Å². The molecule has 0 fully saturated rings. The molecule has 2 N–H and O–H groups in total. The number of imidazole rings is 1. The summed E-state index contributed by atoms with van der Waals surface area (Å²) in [5.41, 5.74) is 6.87. The summed E-state index contributed by atoms with van der Waals surface area (Å²) in [6.45, 7) is 0.134. The number of hydrogen-bond donors (Lipinski definition) is 2. The molecule has 156 valence electrons. The normalized spacial score (nSPS) is 10.6. The van der Waals surface area contributed by atoms with E-state index in [-0.39, 0.29) is 19.1 Å². The number of fused-ring (bicyclic) bond motifs is 1. The molecule has 0 unspecified atom stereocenters. The zero-order chi connectivity index (χ0) is 21.6. The van der Waals surface area contributed by atoms with Crippen LogP contribution in [-0.4, -0.2) is 21.4 Å². The van der Waals surface area contributed by atoms with Gasteiger partial charge in [-0.05, 0) is 48.5 Å². The van der Waals surface area contributed by atoms with E-state index in [0.29, 0.717) is 22.2 Å². The highest BCUT2D eigenvalue weighted by Crippen LogP contribution is 2.20. The molecule has 2 amide bonds. The first-order chi connectivity index (χ1) is 15.1. The highest BCUT2D eigenvalue weighted by molar-refractivity contribution is 6.30. The molecular weight excluding hydrogens is 416 g/mol. The smallest absolute Gasteiger partial charge is 0.269 e. The van der Waals surface area contributed by atoms with Crippen LogP contribution in [0, 0.1) is 0 Å². The summed E-state index contributed by atoms with van der Waals surface area (Å²) in [5, 5.41) is 0.619. The molecule has 1 aromatic heterocycles. The number of nitrogens with one attached hydrogen (secondary N) is 2. The van der Waals surface area contributed by atoms with Crippen LogP contribution >= 0.6 is 11.6 Å². The lowest BCUT2D eigenvalue weighted by atomic mass is 10.2. The molecule has 4 aromatic rings. The second-order valence-electron chi connectivity index (χ2n) is 6.71. The molecule has 0 atom stereocenters. The van der Waals surface area contributed by atoms with Crippen LogP contribution in [0.15, 0.2) is 78.9 Å². The van der Waals surface area contributed by atoms with Gasteiger partial charge in [-0.15, -0.1) is 0 Å². The Morgan fingerprint density at radius 2 is 1.61 bits per heavy atom. The van der Waals surface area contributed by atoms with E-state index in [0.717, 1.165) is 11.0 Å². The van der Waals surface area contributed by atoms with Crippen molar-refractivity contribution in [2.45, 2.75) is 13.2 Å². The number of ether oxygens (including phenoxy) is 1. The molecule has 4 rings (SSSR count). The summed E-state index contributed by atoms with van der Waals surface area (Å²) in [6, 6.07) is 23.2. The van der Waals surface area contributed by atoms with Crippen molar-refractivity contribution in [3.63, 3.8) is 0 Å². The van der Waals surface area contributed by atoms with Gasteiger partial charge >= 0.3 is 0 Å². The number of benzene rings is 3. The largest absolute Gasteiger partial charge is 0.486 e. The summed E-state index contributed by atoms with van der Waals surface area (Å²) < 4.78 is 7.57. The highest BCUT2D eigenvalue weighted by atomic mass is 35.5. The number of nitrogens with zero attached hydrogens (tertiary/aromatic N) is 2. The minimum Gasteiger partial charge on any atom is -0.486 e. The molecule has 0 aliphatic heterocycles. The fourth-order valence-electron chi connectivity index (χ4n) is 3.06. The van der Waals surface area contributed by atoms with Crippen molar-refractivity contribution in [1.29, 1.82) is 0 Å². The predicted octanol–water partition coefficient (Wildman–Crippen LogP) is 3.73. The molecule has 7 nitrogen and oxygen atoms in total. The molecular formula is C23H19ClN4O3. The zero-order valence-corrected chi connectivity index (χ0v) is 17.2. The Morgan fingerprint density at radius 1 is 0.903 bits per heavy atom. The van der Waals surface area contributed by atoms with Crippen LogP contribution in [0.1, 0.15) is 16.2 Å². The summed E-state index contributed by atoms with van der Waals surface area (Å²) in [5.74, 6) is 0.444. The van der Waals surface area contributed by atoms with Crippen LogP contribution in [0.25, 0.3) is 11.0 Å². The van der Waals surface area contributed by atoms with Gasteiger partial charge in [-0.1, -0.05) is 41.9 Å². The number of aromatic nitrogens is 2. The standard InChI is InChI=1S/C23H19ClN4O3/c24-17-10-12-18(13-11-17)31-15-21-25-19-8-4-5-9-20(19)28(21)14-22(29)26-27-23(30)16-6-2-1-3-7-16/h1-13H,14-15H2,(H,26,29)(H,27,30). The number of carbonyl (C=O) groups is 2. The van der Waals surface area contributed by atoms with Gasteiger partial charge in [0.25, 0.3) is 11.8 Å². The Bertz CT molecular complexity index is 1210. The Kier molecular flexibility index (Phi) is 6.14. The maximum atomic E-state index is 12.5. The lowest BCUT2D eigenvalue weighted by Crippen LogP contribution is -2.43. The number of hydrogen-bond acceptors (Lipinski definition) is 4. The Labute approximate surface area is 183 Å². The Balaban J connectivity index is 1.46. The van der Waals surface area contributed by atoms with Gasteiger partial charge in [0, 0.05) is 10.6 Å². The van der Waals surface area contributed by atoms with E-state index in [1.807, 2.05) is 30.3 Å². The van der Waals surface area contributed by atoms with Crippen molar-refractivity contribution >= 4 is 34.4 Å². The molecule has 0 saturated carbocycles. The summed E-state index contributed by atoms with van der Waals surface area (Å²) in [6.07, 6.45) is 0. The van der Waals surface area contributed by atoms with Crippen molar-refractivity contribution < 1.29 is 14.3 Å². The third kappa shape index (κ3) is 5.02. The molecule has 0 saturated heterocycles. The van der Waals surface area contributed by atoms with Gasteiger partial charge in [0.1, 0.15) is 24.7 Å². The van der Waals surface area contributed by atoms with E-state index in [1.165, 1.54) is 0 Å². The van der Waals surface area contributed by atoms with Gasteiger partial charge in [-0.2, -0.15) is 0 Å². The van der Waals surface area contributed by atoms with Crippen LogP contribution in [0.5, 0.6) is 5.75 Å². The van der Waals surface area contributed by atoms with E-state index in [4.69, 9.17) is 16.3 Å². The molecule has 0 bridgehead atoms. The first kappa shape index (κ1) is 20.4. The zero-order valence-electron chi connectivity index (χ0n) is 16.4. The minimum absolute atomic E-state index is 0.0328. The third-order valence-corrected chi connectivity index (χ3v) is 4.82. The van der Waals surface area contributed by atoms with Crippen LogP contribution < -0.4 is 15.6 Å². The molecule has 0 spiro atoms. The molecule has 0 radical (unpaired) electrons. The molecule has 0 aliphatic carbocycles. The Morgan fingerprint density at radius 3 is 2.39 bits per heavy atom. The lowest BCUT2D eigenvalue weighted by molar-refractivity contribution is -0.122. The molecule has 0 aliphatic rings. The van der Waals surface area contributed by atoms with Gasteiger partial charge in [0.2, 0.25) is 0 Å². The van der Waals surface area contributed by atoms with Gasteiger partial charge in [0.15, 0.2) is 0 Å². The second kappa shape index (κ2) is 9.32. The van der Waals surface area contributed by atoms with Crippen molar-refractivity contribution in [2.24, 2.45) is 0 Å². The highest BCUT2D eigenvalue weighted by Gasteiger charge is 2.15. The number of para-hydroxylation sites is 2. The number of halogens is 1. The second-order valence-corrected chi connectivity index (χ2v) is 7.15. The van der Waals surface area contributed by atoms with Gasteiger partial charge in [0.05, 0.1) is 11.0 Å². The summed E-state index contributed by atoms with van der Waals surface area (Å²) >= 11 is 5.91. The van der Waals surface area contributed by atoms with Crippen LogP contribution in [0.4, 0.5) is 0 Å². The molecule has 3 aromatic carbocycles. The summed E-state index contributed by atoms with van der Waals surface area (Å²) in [4.78, 5) is 29.2. The number of hydrazine groups is 1. The number of amides is 2. The van der Waals surface area contributed by atoms with E-state index >= 15 is 0 Å². The van der Waals surface area contributed by atoms with Crippen LogP contribution in [-0.2, 0) is 17.9 Å². The first-order valence-electron chi connectivity index (χ1n) is 9.57. The molecule has 1 heterocycles. The van der Waals surface area contributed by atoms with Crippen LogP contribution in [0.3, 0.4) is 0 Å². The van der Waals surface area contributed by atoms with E-state index in [1.54, 1.807) is 53.1 Å². The molecule has 8 heteroatoms. The lowest BCUT2D eigenvalue weighted by Gasteiger charge is -2.12. The Hall–Kier alpha value is -3.84. The first-order valence-corrected chi connectivity index (χ1v) is 9.95. The average molecular weight is 435 g/mol. The van der Waals surface area contributed by atoms with E-state index in [9.17, 15) is 9.59 Å². The van der Waals surface area contributed by atoms with Crippen molar-refractivity contribution in [3.05, 3.63) is 95.3 Å². The van der Waals surface area contributed by atoms with Gasteiger partial charge in [-0.3, -0.25) is 20.4 Å². The number of rotatable bonds is 6. The maximum absolute atomic E-state index is 12.5. The topological polar surface area (TPSA) is 85.2 Å². The fourth-order valence-corrected chi connectivity index (χ4v) is 3.19. The summed E-state index contributed by atoms with van der Waals surface area (Å²) in [7, 11) is 0.